The van der Waals surface area contributed by atoms with Crippen molar-refractivity contribution in [2.24, 2.45) is 5.73 Å². The number of carboxylic acid groups (broad SMARTS) is 1. The maximum atomic E-state index is 11.2. The van der Waals surface area contributed by atoms with Gasteiger partial charge >= 0.3 is 5.97 Å². The number of aryl methyl sites for hydroxylation is 1. The van der Waals surface area contributed by atoms with Crippen LogP contribution in [0.5, 0.6) is 11.5 Å². The fourth-order valence-electron chi connectivity index (χ4n) is 4.60. The van der Waals surface area contributed by atoms with Crippen molar-refractivity contribution in [1.29, 1.82) is 0 Å². The molecule has 0 saturated carbocycles. The first-order valence-electron chi connectivity index (χ1n) is 12.9. The van der Waals surface area contributed by atoms with Gasteiger partial charge in [-0.15, -0.1) is 0 Å². The van der Waals surface area contributed by atoms with Gasteiger partial charge in [0.25, 0.3) is 0 Å². The molecule has 3 aromatic carbocycles. The number of aromatic nitrogens is 1. The van der Waals surface area contributed by atoms with Gasteiger partial charge in [-0.2, -0.15) is 0 Å². The van der Waals surface area contributed by atoms with E-state index < -0.39 is 5.97 Å². The second-order valence-electron chi connectivity index (χ2n) is 9.23. The molecule has 0 atom stereocenters. The molecule has 0 unspecified atom stereocenters. The van der Waals surface area contributed by atoms with Gasteiger partial charge in [0.1, 0.15) is 36.1 Å². The third kappa shape index (κ3) is 6.10. The highest BCUT2D eigenvalue weighted by Crippen LogP contribution is 2.34. The first-order chi connectivity index (χ1) is 19.0. The summed E-state index contributed by atoms with van der Waals surface area (Å²) in [6.07, 6.45) is 2.52. The van der Waals surface area contributed by atoms with Crippen LogP contribution in [0.2, 0.25) is 0 Å². The zero-order valence-electron chi connectivity index (χ0n) is 21.7. The Hall–Kier alpha value is -4.62. The molecule has 0 amide bonds. The second-order valence-corrected chi connectivity index (χ2v) is 9.23. The molecule has 5 rings (SSSR count). The maximum Gasteiger partial charge on any atom is 0.307 e. The minimum Gasteiger partial charge on any atom is -0.489 e. The van der Waals surface area contributed by atoms with Crippen LogP contribution in [0, 0.1) is 0 Å². The summed E-state index contributed by atoms with van der Waals surface area (Å²) in [5.74, 6) is 1.10. The molecule has 3 N–H and O–H groups in total. The van der Waals surface area contributed by atoms with Gasteiger partial charge < -0.3 is 24.7 Å². The average Bonchev–Trinajstić information content (AvgIpc) is 3.38. The molecule has 0 bridgehead atoms. The van der Waals surface area contributed by atoms with E-state index in [1.807, 2.05) is 42.5 Å². The highest BCUT2D eigenvalue weighted by Gasteiger charge is 2.15. The summed E-state index contributed by atoms with van der Waals surface area (Å²) in [5.41, 5.74) is 12.0. The largest absolute Gasteiger partial charge is 0.489 e. The van der Waals surface area contributed by atoms with Crippen LogP contribution < -0.4 is 15.2 Å². The highest BCUT2D eigenvalue weighted by atomic mass is 16.5. The lowest BCUT2D eigenvalue weighted by Gasteiger charge is -2.12. The summed E-state index contributed by atoms with van der Waals surface area (Å²) in [6.45, 7) is 3.00. The number of pyridine rings is 1. The zero-order valence-corrected chi connectivity index (χ0v) is 21.7. The summed E-state index contributed by atoms with van der Waals surface area (Å²) in [5, 5.41) is 10.1. The van der Waals surface area contributed by atoms with Gasteiger partial charge in [-0.3, -0.25) is 9.78 Å². The van der Waals surface area contributed by atoms with E-state index in [1.165, 1.54) is 0 Å². The molecule has 0 aliphatic heterocycles. The monoisotopic (exact) mass is 522 g/mol. The SMILES string of the molecule is CCc1ccccc1OCc1cc(-c2ccnc(CN)c2)c2oc(COc3ccccc3CC(=O)O)cc2c1. The molecule has 0 aliphatic carbocycles. The molecule has 0 radical (unpaired) electrons. The van der Waals surface area contributed by atoms with Crippen LogP contribution in [0.1, 0.15) is 35.1 Å². The summed E-state index contributed by atoms with van der Waals surface area (Å²) < 4.78 is 18.5. The lowest BCUT2D eigenvalue weighted by Crippen LogP contribution is -2.03. The van der Waals surface area contributed by atoms with Gasteiger partial charge in [0, 0.05) is 29.3 Å². The Kier molecular flexibility index (Phi) is 7.89. The van der Waals surface area contributed by atoms with E-state index in [2.05, 4.69) is 30.1 Å². The number of ether oxygens (including phenoxy) is 2. The number of aliphatic carboxylic acids is 1. The first kappa shape index (κ1) is 26.0. The number of carboxylic acids is 1. The number of benzene rings is 3. The highest BCUT2D eigenvalue weighted by molar-refractivity contribution is 5.93. The van der Waals surface area contributed by atoms with Crippen molar-refractivity contribution in [1.82, 2.24) is 4.98 Å². The quantitative estimate of drug-likeness (QED) is 0.210. The van der Waals surface area contributed by atoms with E-state index in [0.717, 1.165) is 51.1 Å². The molecule has 0 fully saturated rings. The number of furan rings is 1. The lowest BCUT2D eigenvalue weighted by atomic mass is 10.0. The van der Waals surface area contributed by atoms with E-state index in [9.17, 15) is 9.90 Å². The Bertz CT molecular complexity index is 1610. The van der Waals surface area contributed by atoms with Crippen LogP contribution in [0.25, 0.3) is 22.1 Å². The summed E-state index contributed by atoms with van der Waals surface area (Å²) in [7, 11) is 0. The third-order valence-electron chi connectivity index (χ3n) is 6.50. The Morgan fingerprint density at radius 1 is 0.923 bits per heavy atom. The standard InChI is InChI=1S/C32H30N2O5/c1-2-22-7-3-5-9-29(22)37-19-21-13-25-16-27(20-38-30-10-6-4-8-24(30)17-31(35)36)39-32(25)28(14-21)23-11-12-34-26(15-23)18-33/h3-16H,2,17-20,33H2,1H3,(H,35,36). The van der Waals surface area contributed by atoms with Gasteiger partial charge in [-0.25, -0.2) is 0 Å². The van der Waals surface area contributed by atoms with Crippen LogP contribution >= 0.6 is 0 Å². The van der Waals surface area contributed by atoms with E-state index in [0.29, 0.717) is 30.2 Å². The molecule has 39 heavy (non-hydrogen) atoms. The van der Waals surface area contributed by atoms with Crippen LogP contribution in [0.15, 0.2) is 89.5 Å². The average molecular weight is 523 g/mol. The van der Waals surface area contributed by atoms with Gasteiger partial charge in [0.05, 0.1) is 12.1 Å². The van der Waals surface area contributed by atoms with Crippen molar-refractivity contribution in [3.05, 3.63) is 113 Å². The first-order valence-corrected chi connectivity index (χ1v) is 12.9. The molecular weight excluding hydrogens is 492 g/mol. The normalized spacial score (nSPS) is 11.0. The topological polar surface area (TPSA) is 108 Å². The molecular formula is C32H30N2O5. The van der Waals surface area contributed by atoms with Crippen LogP contribution in [-0.4, -0.2) is 16.1 Å². The Morgan fingerprint density at radius 2 is 1.64 bits per heavy atom. The molecule has 7 heteroatoms. The van der Waals surface area contributed by atoms with Crippen molar-refractivity contribution in [3.8, 4) is 22.6 Å². The summed E-state index contributed by atoms with van der Waals surface area (Å²) in [6, 6.07) is 25.2. The minimum absolute atomic E-state index is 0.115. The molecule has 0 spiro atoms. The van der Waals surface area contributed by atoms with E-state index in [4.69, 9.17) is 19.6 Å². The fraction of sp³-hybridized carbons (Fsp3) is 0.188. The summed E-state index contributed by atoms with van der Waals surface area (Å²) in [4.78, 5) is 15.6. The number of hydrogen-bond donors (Lipinski definition) is 2. The van der Waals surface area contributed by atoms with Crippen molar-refractivity contribution < 1.29 is 23.8 Å². The predicted molar refractivity (Wildman–Crippen MR) is 150 cm³/mol. The third-order valence-corrected chi connectivity index (χ3v) is 6.50. The molecule has 0 aliphatic rings. The number of fused-ring (bicyclic) bond motifs is 1. The number of carbonyl (C=O) groups is 1. The molecule has 7 nitrogen and oxygen atoms in total. The molecule has 5 aromatic rings. The van der Waals surface area contributed by atoms with Gasteiger partial charge in [0.15, 0.2) is 0 Å². The van der Waals surface area contributed by atoms with Crippen molar-refractivity contribution in [2.45, 2.75) is 39.5 Å². The second kappa shape index (κ2) is 11.8. The van der Waals surface area contributed by atoms with E-state index >= 15 is 0 Å². The number of nitrogens with two attached hydrogens (primary N) is 1. The zero-order chi connectivity index (χ0) is 27.2. The number of nitrogens with zero attached hydrogens (tertiary/aromatic N) is 1. The molecule has 198 valence electrons. The van der Waals surface area contributed by atoms with Crippen molar-refractivity contribution in [2.75, 3.05) is 0 Å². The molecule has 2 heterocycles. The van der Waals surface area contributed by atoms with Gasteiger partial charge in [-0.1, -0.05) is 43.3 Å². The molecule has 2 aromatic heterocycles. The van der Waals surface area contributed by atoms with Crippen molar-refractivity contribution in [3.63, 3.8) is 0 Å². The van der Waals surface area contributed by atoms with Crippen molar-refractivity contribution >= 4 is 16.9 Å². The van der Waals surface area contributed by atoms with Gasteiger partial charge in [-0.05, 0) is 65.6 Å². The molecule has 0 saturated heterocycles. The van der Waals surface area contributed by atoms with Crippen LogP contribution in [0.4, 0.5) is 0 Å². The number of para-hydroxylation sites is 2. The Balaban J connectivity index is 1.48. The Labute approximate surface area is 226 Å². The van der Waals surface area contributed by atoms with Gasteiger partial charge in [0.2, 0.25) is 0 Å². The Morgan fingerprint density at radius 3 is 2.38 bits per heavy atom. The van der Waals surface area contributed by atoms with Crippen LogP contribution in [0.3, 0.4) is 0 Å². The fourth-order valence-corrected chi connectivity index (χ4v) is 4.60. The van der Waals surface area contributed by atoms with E-state index in [1.54, 1.807) is 24.4 Å². The maximum absolute atomic E-state index is 11.2. The minimum atomic E-state index is -0.912. The predicted octanol–water partition coefficient (Wildman–Crippen LogP) is 6.30. The van der Waals surface area contributed by atoms with Crippen LogP contribution in [-0.2, 0) is 37.4 Å². The smallest absolute Gasteiger partial charge is 0.307 e. The number of hydrogen-bond acceptors (Lipinski definition) is 6. The van der Waals surface area contributed by atoms with E-state index in [-0.39, 0.29) is 13.0 Å². The lowest BCUT2D eigenvalue weighted by molar-refractivity contribution is -0.136. The number of rotatable bonds is 11. The summed E-state index contributed by atoms with van der Waals surface area (Å²) >= 11 is 0.